The van der Waals surface area contributed by atoms with Gasteiger partial charge in [0.05, 0.1) is 6.07 Å². The third-order valence-corrected chi connectivity index (χ3v) is 6.32. The van der Waals surface area contributed by atoms with Crippen LogP contribution in [0.4, 0.5) is 0 Å². The quantitative estimate of drug-likeness (QED) is 0.709. The second kappa shape index (κ2) is 4.63. The van der Waals surface area contributed by atoms with E-state index in [0.29, 0.717) is 0 Å². The van der Waals surface area contributed by atoms with E-state index in [1.165, 1.54) is 38.6 Å². The predicted octanol–water partition coefficient (Wildman–Crippen LogP) is 3.21. The van der Waals surface area contributed by atoms with Crippen LogP contribution < -0.4 is 0 Å². The van der Waals surface area contributed by atoms with E-state index in [9.17, 15) is 5.26 Å². The average Bonchev–Trinajstić information content (AvgIpc) is 2.42. The maximum atomic E-state index is 9.32. The molecule has 102 valence electrons. The monoisotopic (exact) mass is 256 g/mol. The summed E-state index contributed by atoms with van der Waals surface area (Å²) in [5, 5.41) is 9.32. The van der Waals surface area contributed by atoms with Gasteiger partial charge in [0.2, 0.25) is 0 Å². The SMILES string of the molecule is N#CC1CC=CCN1CC1C2CC3CC(C2)CC1C3. The molecular weight excluding hydrogens is 232 g/mol. The highest BCUT2D eigenvalue weighted by atomic mass is 15.2. The first-order valence-electron chi connectivity index (χ1n) is 8.12. The Morgan fingerprint density at radius 1 is 1.00 bits per heavy atom. The predicted molar refractivity (Wildman–Crippen MR) is 75.3 cm³/mol. The Kier molecular flexibility index (Phi) is 2.92. The Balaban J connectivity index is 1.48. The second-order valence-electron chi connectivity index (χ2n) is 7.40. The molecule has 2 heteroatoms. The zero-order chi connectivity index (χ0) is 12.8. The zero-order valence-electron chi connectivity index (χ0n) is 11.7. The highest BCUT2D eigenvalue weighted by Crippen LogP contribution is 2.56. The molecule has 1 unspecified atom stereocenters. The first-order chi connectivity index (χ1) is 9.33. The van der Waals surface area contributed by atoms with Crippen LogP contribution in [0.2, 0.25) is 0 Å². The Morgan fingerprint density at radius 2 is 1.68 bits per heavy atom. The molecule has 4 bridgehead atoms. The number of nitrogens with zero attached hydrogens (tertiary/aromatic N) is 2. The summed E-state index contributed by atoms with van der Waals surface area (Å²) in [7, 11) is 0. The van der Waals surface area contributed by atoms with Crippen molar-refractivity contribution in [3.05, 3.63) is 12.2 Å². The van der Waals surface area contributed by atoms with Crippen LogP contribution in [0.3, 0.4) is 0 Å². The van der Waals surface area contributed by atoms with Crippen LogP contribution in [0.1, 0.15) is 38.5 Å². The molecule has 0 radical (unpaired) electrons. The average molecular weight is 256 g/mol. The summed E-state index contributed by atoms with van der Waals surface area (Å²) in [5.74, 6) is 5.00. The topological polar surface area (TPSA) is 27.0 Å². The Labute approximate surface area is 116 Å². The fourth-order valence-corrected chi connectivity index (χ4v) is 5.65. The van der Waals surface area contributed by atoms with Gasteiger partial charge in [-0.15, -0.1) is 0 Å². The summed E-state index contributed by atoms with van der Waals surface area (Å²) in [5.41, 5.74) is 0. The van der Waals surface area contributed by atoms with Crippen molar-refractivity contribution in [2.75, 3.05) is 13.1 Å². The molecule has 0 N–H and O–H groups in total. The van der Waals surface area contributed by atoms with Gasteiger partial charge in [-0.2, -0.15) is 5.26 Å². The van der Waals surface area contributed by atoms with Crippen LogP contribution >= 0.6 is 0 Å². The molecule has 5 aliphatic rings. The van der Waals surface area contributed by atoms with Crippen molar-refractivity contribution in [3.8, 4) is 6.07 Å². The first kappa shape index (κ1) is 12.0. The van der Waals surface area contributed by atoms with Crippen LogP contribution in [0.15, 0.2) is 12.2 Å². The molecule has 1 atom stereocenters. The lowest BCUT2D eigenvalue weighted by atomic mass is 9.52. The first-order valence-corrected chi connectivity index (χ1v) is 8.12. The van der Waals surface area contributed by atoms with Crippen molar-refractivity contribution >= 4 is 0 Å². The molecule has 4 aliphatic carbocycles. The highest BCUT2D eigenvalue weighted by molar-refractivity contribution is 5.07. The van der Waals surface area contributed by atoms with Gasteiger partial charge in [0, 0.05) is 13.1 Å². The normalized spacial score (nSPS) is 48.4. The van der Waals surface area contributed by atoms with E-state index in [2.05, 4.69) is 23.1 Å². The number of hydrogen-bond acceptors (Lipinski definition) is 2. The van der Waals surface area contributed by atoms with Gasteiger partial charge in [0.1, 0.15) is 6.04 Å². The number of hydrogen-bond donors (Lipinski definition) is 0. The Bertz CT molecular complexity index is 391. The summed E-state index contributed by atoms with van der Waals surface area (Å²) in [6.45, 7) is 2.19. The van der Waals surface area contributed by atoms with Crippen LogP contribution in [0.5, 0.6) is 0 Å². The van der Waals surface area contributed by atoms with Crippen LogP contribution in [-0.4, -0.2) is 24.0 Å². The van der Waals surface area contributed by atoms with E-state index in [0.717, 1.165) is 42.6 Å². The van der Waals surface area contributed by atoms with E-state index in [1.54, 1.807) is 0 Å². The molecule has 2 nitrogen and oxygen atoms in total. The van der Waals surface area contributed by atoms with E-state index >= 15 is 0 Å². The molecule has 0 aromatic rings. The third kappa shape index (κ3) is 2.03. The number of rotatable bonds is 2. The van der Waals surface area contributed by atoms with Crippen LogP contribution in [-0.2, 0) is 0 Å². The molecule has 0 aromatic carbocycles. The summed E-state index contributed by atoms with van der Waals surface area (Å²) < 4.78 is 0. The van der Waals surface area contributed by atoms with Crippen molar-refractivity contribution < 1.29 is 0 Å². The van der Waals surface area contributed by atoms with E-state index in [4.69, 9.17) is 0 Å². The third-order valence-electron chi connectivity index (χ3n) is 6.32. The van der Waals surface area contributed by atoms with Gasteiger partial charge in [-0.05, 0) is 68.1 Å². The molecule has 1 aliphatic heterocycles. The van der Waals surface area contributed by atoms with Crippen molar-refractivity contribution in [1.29, 1.82) is 5.26 Å². The fraction of sp³-hybridized carbons (Fsp3) is 0.824. The summed E-state index contributed by atoms with van der Waals surface area (Å²) in [4.78, 5) is 2.45. The maximum Gasteiger partial charge on any atom is 0.101 e. The van der Waals surface area contributed by atoms with Crippen molar-refractivity contribution in [1.82, 2.24) is 4.90 Å². The fourth-order valence-electron chi connectivity index (χ4n) is 5.65. The Hall–Kier alpha value is -0.810. The summed E-state index contributed by atoms with van der Waals surface area (Å²) in [6.07, 6.45) is 12.9. The van der Waals surface area contributed by atoms with Gasteiger partial charge in [-0.25, -0.2) is 0 Å². The minimum Gasteiger partial charge on any atom is -0.284 e. The molecule has 5 rings (SSSR count). The highest BCUT2D eigenvalue weighted by Gasteiger charge is 2.48. The van der Waals surface area contributed by atoms with Crippen molar-refractivity contribution in [2.24, 2.45) is 29.6 Å². The summed E-state index contributed by atoms with van der Waals surface area (Å²) in [6, 6.07) is 2.64. The smallest absolute Gasteiger partial charge is 0.101 e. The van der Waals surface area contributed by atoms with Gasteiger partial charge in [-0.3, -0.25) is 4.90 Å². The van der Waals surface area contributed by atoms with Gasteiger partial charge in [0.25, 0.3) is 0 Å². The molecule has 0 amide bonds. The lowest BCUT2D eigenvalue weighted by Gasteiger charge is -2.55. The molecule has 1 heterocycles. The minimum atomic E-state index is 0.141. The van der Waals surface area contributed by atoms with Gasteiger partial charge < -0.3 is 0 Å². The standard InChI is InChI=1S/C17H24N2/c18-10-16-3-1-2-4-19(16)11-17-14-6-12-5-13(8-14)9-15(17)7-12/h1-2,12-17H,3-9,11H2. The summed E-state index contributed by atoms with van der Waals surface area (Å²) >= 11 is 0. The van der Waals surface area contributed by atoms with E-state index < -0.39 is 0 Å². The van der Waals surface area contributed by atoms with Crippen LogP contribution in [0.25, 0.3) is 0 Å². The molecule has 0 saturated heterocycles. The zero-order valence-corrected chi connectivity index (χ0v) is 11.7. The van der Waals surface area contributed by atoms with Crippen molar-refractivity contribution in [3.63, 3.8) is 0 Å². The van der Waals surface area contributed by atoms with Gasteiger partial charge >= 0.3 is 0 Å². The van der Waals surface area contributed by atoms with E-state index in [-0.39, 0.29) is 6.04 Å². The van der Waals surface area contributed by atoms with Crippen molar-refractivity contribution in [2.45, 2.75) is 44.6 Å². The molecule has 19 heavy (non-hydrogen) atoms. The molecule has 0 aromatic heterocycles. The van der Waals surface area contributed by atoms with Gasteiger partial charge in [-0.1, -0.05) is 12.2 Å². The molecule has 4 fully saturated rings. The lowest BCUT2D eigenvalue weighted by Crippen LogP contribution is -2.51. The molecular formula is C17H24N2. The van der Waals surface area contributed by atoms with E-state index in [1.807, 2.05) is 0 Å². The number of nitriles is 1. The maximum absolute atomic E-state index is 9.32. The van der Waals surface area contributed by atoms with Crippen LogP contribution in [0, 0.1) is 40.9 Å². The lowest BCUT2D eigenvalue weighted by molar-refractivity contribution is -0.0504. The Morgan fingerprint density at radius 3 is 2.32 bits per heavy atom. The largest absolute Gasteiger partial charge is 0.284 e. The molecule has 0 spiro atoms. The van der Waals surface area contributed by atoms with Gasteiger partial charge in [0.15, 0.2) is 0 Å². The molecule has 4 saturated carbocycles. The minimum absolute atomic E-state index is 0.141. The second-order valence-corrected chi connectivity index (χ2v) is 7.40.